The highest BCUT2D eigenvalue weighted by molar-refractivity contribution is 8.00. The Bertz CT molecular complexity index is 1050. The first-order valence-corrected chi connectivity index (χ1v) is 10.2. The topological polar surface area (TPSA) is 64.4 Å². The molecule has 6 nitrogen and oxygen atoms in total. The zero-order valence-electron chi connectivity index (χ0n) is 17.0. The molecule has 0 aliphatic carbocycles. The Morgan fingerprint density at radius 2 is 1.79 bits per heavy atom. The molecule has 0 bridgehead atoms. The van der Waals surface area contributed by atoms with Gasteiger partial charge in [0.2, 0.25) is 5.91 Å². The Morgan fingerprint density at radius 3 is 2.45 bits per heavy atom. The van der Waals surface area contributed by atoms with Crippen LogP contribution in [0, 0.1) is 0 Å². The van der Waals surface area contributed by atoms with Crippen LogP contribution in [-0.4, -0.2) is 48.2 Å². The van der Waals surface area contributed by atoms with Gasteiger partial charge in [-0.1, -0.05) is 54.2 Å². The van der Waals surface area contributed by atoms with Crippen molar-refractivity contribution in [1.82, 2.24) is 14.5 Å². The summed E-state index contributed by atoms with van der Waals surface area (Å²) in [4.78, 5) is 32.5. The molecule has 0 saturated carbocycles. The van der Waals surface area contributed by atoms with Gasteiger partial charge in [-0.3, -0.25) is 14.2 Å². The number of methoxy groups -OCH3 is 1. The molecule has 0 aliphatic heterocycles. The minimum absolute atomic E-state index is 0.0606. The number of nitrogens with zero attached hydrogens (tertiary/aromatic N) is 3. The smallest absolute Gasteiger partial charge is 0.262 e. The van der Waals surface area contributed by atoms with E-state index >= 15 is 0 Å². The average Bonchev–Trinajstić information content (AvgIpc) is 2.72. The minimum Gasteiger partial charge on any atom is -0.383 e. The zero-order chi connectivity index (χ0) is 21.0. The van der Waals surface area contributed by atoms with Crippen molar-refractivity contribution in [1.29, 1.82) is 0 Å². The van der Waals surface area contributed by atoms with Crippen LogP contribution in [0.1, 0.15) is 23.8 Å². The van der Waals surface area contributed by atoms with Crippen LogP contribution in [0.4, 0.5) is 0 Å². The first kappa shape index (κ1) is 21.1. The standard InChI is InChI=1S/C22H25N3O3S/c1-15(14-28-4)25-20(26)17-12-8-9-13-18(17)23-22(25)29-19(21(27)24(2)3)16-10-6-5-7-11-16/h5-13,15,19H,14H2,1-4H3/t15-,19+/m1/s1. The fraction of sp³-hybridized carbons (Fsp3) is 0.318. The summed E-state index contributed by atoms with van der Waals surface area (Å²) in [6, 6.07) is 16.6. The lowest BCUT2D eigenvalue weighted by atomic mass is 10.1. The monoisotopic (exact) mass is 411 g/mol. The molecule has 0 spiro atoms. The van der Waals surface area contributed by atoms with E-state index in [4.69, 9.17) is 9.72 Å². The van der Waals surface area contributed by atoms with Gasteiger partial charge in [0.25, 0.3) is 5.56 Å². The van der Waals surface area contributed by atoms with E-state index in [9.17, 15) is 9.59 Å². The summed E-state index contributed by atoms with van der Waals surface area (Å²) in [6.07, 6.45) is 0. The summed E-state index contributed by atoms with van der Waals surface area (Å²) in [5.74, 6) is -0.0606. The number of carbonyl (C=O) groups excluding carboxylic acids is 1. The second kappa shape index (κ2) is 9.24. The molecule has 0 N–H and O–H groups in total. The number of rotatable bonds is 7. The second-order valence-corrected chi connectivity index (χ2v) is 8.10. The van der Waals surface area contributed by atoms with Crippen LogP contribution in [-0.2, 0) is 9.53 Å². The molecule has 3 rings (SSSR count). The fourth-order valence-electron chi connectivity index (χ4n) is 3.14. The van der Waals surface area contributed by atoms with Crippen molar-refractivity contribution in [2.75, 3.05) is 27.8 Å². The highest BCUT2D eigenvalue weighted by Crippen LogP contribution is 2.36. The Morgan fingerprint density at radius 1 is 1.14 bits per heavy atom. The van der Waals surface area contributed by atoms with Gasteiger partial charge < -0.3 is 9.64 Å². The maximum absolute atomic E-state index is 13.2. The highest BCUT2D eigenvalue weighted by atomic mass is 32.2. The Kier molecular flexibility index (Phi) is 6.71. The van der Waals surface area contributed by atoms with Gasteiger partial charge in [0.1, 0.15) is 5.25 Å². The van der Waals surface area contributed by atoms with Gasteiger partial charge in [-0.2, -0.15) is 0 Å². The predicted octanol–water partition coefficient (Wildman–Crippen LogP) is 3.53. The largest absolute Gasteiger partial charge is 0.383 e. The van der Waals surface area contributed by atoms with E-state index in [1.165, 1.54) is 11.8 Å². The number of likely N-dealkylation sites (N-methyl/N-ethyl adjacent to an activating group) is 1. The number of amides is 1. The summed E-state index contributed by atoms with van der Waals surface area (Å²) in [5.41, 5.74) is 1.35. The average molecular weight is 412 g/mol. The Hall–Kier alpha value is -2.64. The first-order chi connectivity index (χ1) is 13.9. The molecule has 29 heavy (non-hydrogen) atoms. The van der Waals surface area contributed by atoms with Crippen molar-refractivity contribution in [3.8, 4) is 0 Å². The predicted molar refractivity (Wildman–Crippen MR) is 116 cm³/mol. The van der Waals surface area contributed by atoms with Gasteiger partial charge in [0.15, 0.2) is 5.16 Å². The zero-order valence-corrected chi connectivity index (χ0v) is 17.8. The van der Waals surface area contributed by atoms with Gasteiger partial charge in [-0.05, 0) is 24.6 Å². The van der Waals surface area contributed by atoms with Crippen LogP contribution in [0.15, 0.2) is 64.5 Å². The molecule has 0 radical (unpaired) electrons. The minimum atomic E-state index is -0.514. The van der Waals surface area contributed by atoms with Crippen molar-refractivity contribution < 1.29 is 9.53 Å². The lowest BCUT2D eigenvalue weighted by Crippen LogP contribution is -2.30. The first-order valence-electron chi connectivity index (χ1n) is 9.37. The molecule has 0 fully saturated rings. The quantitative estimate of drug-likeness (QED) is 0.440. The van der Waals surface area contributed by atoms with Crippen molar-refractivity contribution in [3.63, 3.8) is 0 Å². The molecular formula is C22H25N3O3S. The second-order valence-electron chi connectivity index (χ2n) is 7.03. The van der Waals surface area contributed by atoms with Gasteiger partial charge in [-0.15, -0.1) is 0 Å². The summed E-state index contributed by atoms with van der Waals surface area (Å²) in [6.45, 7) is 2.28. The number of hydrogen-bond donors (Lipinski definition) is 0. The van der Waals surface area contributed by atoms with Crippen LogP contribution in [0.5, 0.6) is 0 Å². The number of hydrogen-bond acceptors (Lipinski definition) is 5. The third-order valence-corrected chi connectivity index (χ3v) is 5.82. The maximum atomic E-state index is 13.2. The number of carbonyl (C=O) groups is 1. The lowest BCUT2D eigenvalue weighted by molar-refractivity contribution is -0.128. The Labute approximate surface area is 174 Å². The molecule has 2 aromatic carbocycles. The molecule has 7 heteroatoms. The SMILES string of the molecule is COC[C@@H](C)n1c(S[C@H](C(=O)N(C)C)c2ccccc2)nc2ccccc2c1=O. The molecule has 3 aromatic rings. The normalized spacial score (nSPS) is 13.2. The van der Waals surface area contributed by atoms with E-state index in [1.54, 1.807) is 36.7 Å². The van der Waals surface area contributed by atoms with Crippen LogP contribution < -0.4 is 5.56 Å². The van der Waals surface area contributed by atoms with Crippen molar-refractivity contribution in [2.24, 2.45) is 0 Å². The molecule has 152 valence electrons. The summed E-state index contributed by atoms with van der Waals surface area (Å²) >= 11 is 1.29. The number of ether oxygens (including phenoxy) is 1. The maximum Gasteiger partial charge on any atom is 0.262 e. The summed E-state index contributed by atoms with van der Waals surface area (Å²) in [7, 11) is 5.06. The Balaban J connectivity index is 2.16. The van der Waals surface area contributed by atoms with Gasteiger partial charge in [0.05, 0.1) is 23.6 Å². The number of fused-ring (bicyclic) bond motifs is 1. The molecule has 2 atom stereocenters. The number of benzene rings is 2. The summed E-state index contributed by atoms with van der Waals surface area (Å²) in [5, 5.41) is 0.539. The molecule has 1 amide bonds. The van der Waals surface area contributed by atoms with E-state index in [0.717, 1.165) is 5.56 Å². The third-order valence-electron chi connectivity index (χ3n) is 4.61. The molecule has 1 heterocycles. The number of aromatic nitrogens is 2. The summed E-state index contributed by atoms with van der Waals surface area (Å²) < 4.78 is 6.92. The van der Waals surface area contributed by atoms with Crippen LogP contribution in [0.2, 0.25) is 0 Å². The van der Waals surface area contributed by atoms with E-state index in [1.807, 2.05) is 55.5 Å². The number of thioether (sulfide) groups is 1. The van der Waals surface area contributed by atoms with E-state index in [0.29, 0.717) is 22.7 Å². The van der Waals surface area contributed by atoms with Gasteiger partial charge in [0, 0.05) is 21.2 Å². The molecule has 0 aliphatic rings. The molecular weight excluding hydrogens is 386 g/mol. The van der Waals surface area contributed by atoms with Gasteiger partial charge >= 0.3 is 0 Å². The van der Waals surface area contributed by atoms with Crippen molar-refractivity contribution in [2.45, 2.75) is 23.4 Å². The highest BCUT2D eigenvalue weighted by Gasteiger charge is 2.27. The van der Waals surface area contributed by atoms with E-state index in [2.05, 4.69) is 0 Å². The van der Waals surface area contributed by atoms with Crippen LogP contribution in [0.3, 0.4) is 0 Å². The molecule has 1 aromatic heterocycles. The fourth-order valence-corrected chi connectivity index (χ4v) is 4.49. The lowest BCUT2D eigenvalue weighted by Gasteiger charge is -2.24. The van der Waals surface area contributed by atoms with Crippen LogP contribution in [0.25, 0.3) is 10.9 Å². The van der Waals surface area contributed by atoms with E-state index in [-0.39, 0.29) is 17.5 Å². The van der Waals surface area contributed by atoms with E-state index < -0.39 is 5.25 Å². The van der Waals surface area contributed by atoms with Crippen molar-refractivity contribution in [3.05, 3.63) is 70.5 Å². The van der Waals surface area contributed by atoms with Gasteiger partial charge in [-0.25, -0.2) is 4.98 Å². The van der Waals surface area contributed by atoms with Crippen molar-refractivity contribution >= 4 is 28.6 Å². The molecule has 0 unspecified atom stereocenters. The number of para-hydroxylation sites is 1. The third kappa shape index (κ3) is 4.52. The van der Waals surface area contributed by atoms with Crippen LogP contribution >= 0.6 is 11.8 Å². The molecule has 0 saturated heterocycles.